The van der Waals surface area contributed by atoms with Crippen molar-refractivity contribution >= 4 is 11.7 Å². The van der Waals surface area contributed by atoms with Crippen LogP contribution in [0, 0.1) is 5.41 Å². The second-order valence-electron chi connectivity index (χ2n) is 6.22. The molecular weight excluding hydrogens is 294 g/mol. The van der Waals surface area contributed by atoms with Gasteiger partial charge in [-0.1, -0.05) is 13.8 Å². The van der Waals surface area contributed by atoms with Crippen LogP contribution in [-0.4, -0.2) is 29.3 Å². The highest BCUT2D eigenvalue weighted by molar-refractivity contribution is 5.89. The lowest BCUT2D eigenvalue weighted by Gasteiger charge is -2.21. The van der Waals surface area contributed by atoms with Crippen molar-refractivity contribution in [3.8, 4) is 11.5 Å². The van der Waals surface area contributed by atoms with Crippen molar-refractivity contribution in [3.63, 3.8) is 0 Å². The molecule has 0 aliphatic rings. The number of benzene rings is 1. The zero-order chi connectivity index (χ0) is 16.7. The molecule has 0 radical (unpaired) electrons. The van der Waals surface area contributed by atoms with Gasteiger partial charge in [-0.15, -0.1) is 0 Å². The van der Waals surface area contributed by atoms with Crippen molar-refractivity contribution < 1.29 is 14.3 Å². The van der Waals surface area contributed by atoms with Crippen molar-refractivity contribution in [2.75, 3.05) is 18.5 Å². The van der Waals surface area contributed by atoms with Crippen molar-refractivity contribution in [1.82, 2.24) is 10.3 Å². The Kier molecular flexibility index (Phi) is 5.76. The molecule has 0 fully saturated rings. The average molecular weight is 317 g/mol. The number of hydrogen-bond donors (Lipinski definition) is 3. The highest BCUT2D eigenvalue weighted by Gasteiger charge is 2.15. The van der Waals surface area contributed by atoms with E-state index >= 15 is 0 Å². The maximum Gasteiger partial charge on any atom is 0.319 e. The third kappa shape index (κ3) is 5.41. The first-order chi connectivity index (χ1) is 11.0. The molecule has 0 aliphatic heterocycles. The summed E-state index contributed by atoms with van der Waals surface area (Å²) in [5, 5.41) is 14.8. The number of aliphatic hydroxyl groups excluding tert-OH is 1. The molecule has 0 atom stereocenters. The zero-order valence-electron chi connectivity index (χ0n) is 13.5. The quantitative estimate of drug-likeness (QED) is 0.684. The molecule has 1 aromatic carbocycles. The molecule has 0 bridgehead atoms. The Hall–Kier alpha value is -2.34. The van der Waals surface area contributed by atoms with E-state index in [2.05, 4.69) is 15.6 Å². The van der Waals surface area contributed by atoms with Gasteiger partial charge in [0.2, 0.25) is 5.89 Å². The molecule has 6 nitrogen and oxygen atoms in total. The molecule has 23 heavy (non-hydrogen) atoms. The fraction of sp³-hybridized carbons (Fsp3) is 0.412. The largest absolute Gasteiger partial charge is 0.445 e. The second kappa shape index (κ2) is 7.78. The van der Waals surface area contributed by atoms with Gasteiger partial charge >= 0.3 is 6.03 Å². The summed E-state index contributed by atoms with van der Waals surface area (Å²) in [5.41, 5.74) is 1.45. The molecule has 0 saturated carbocycles. The molecular formula is C17H23N3O3. The summed E-state index contributed by atoms with van der Waals surface area (Å²) in [7, 11) is 0. The lowest BCUT2D eigenvalue weighted by atomic mass is 9.89. The third-order valence-corrected chi connectivity index (χ3v) is 3.57. The molecule has 0 spiro atoms. The number of urea groups is 1. The molecule has 0 aliphatic carbocycles. The number of nitrogens with zero attached hydrogens (tertiary/aromatic N) is 1. The average Bonchev–Trinajstić information content (AvgIpc) is 3.07. The Morgan fingerprint density at radius 1 is 1.30 bits per heavy atom. The normalized spacial score (nSPS) is 11.3. The van der Waals surface area contributed by atoms with Gasteiger partial charge in [-0.05, 0) is 42.5 Å². The number of amides is 2. The van der Waals surface area contributed by atoms with Crippen LogP contribution in [0.5, 0.6) is 0 Å². The molecule has 2 rings (SSSR count). The van der Waals surface area contributed by atoms with E-state index in [0.717, 1.165) is 18.4 Å². The topological polar surface area (TPSA) is 87.4 Å². The number of anilines is 1. The summed E-state index contributed by atoms with van der Waals surface area (Å²) in [4.78, 5) is 15.9. The number of aliphatic hydroxyl groups is 1. The van der Waals surface area contributed by atoms with Crippen LogP contribution in [0.25, 0.3) is 11.5 Å². The van der Waals surface area contributed by atoms with Gasteiger partial charge in [0.25, 0.3) is 0 Å². The number of nitrogens with one attached hydrogen (secondary N) is 2. The highest BCUT2D eigenvalue weighted by atomic mass is 16.3. The molecule has 2 amide bonds. The first kappa shape index (κ1) is 17.0. The van der Waals surface area contributed by atoms with Crippen LogP contribution in [0.2, 0.25) is 0 Å². The van der Waals surface area contributed by atoms with Gasteiger partial charge in [-0.3, -0.25) is 0 Å². The van der Waals surface area contributed by atoms with Gasteiger partial charge in [0, 0.05) is 24.4 Å². The van der Waals surface area contributed by atoms with E-state index in [4.69, 9.17) is 4.42 Å². The SMILES string of the molecule is CC(C)(CO)CCCNC(=O)Nc1ccc(-c2ncco2)cc1. The van der Waals surface area contributed by atoms with E-state index in [1.807, 2.05) is 26.0 Å². The maximum atomic E-state index is 11.8. The van der Waals surface area contributed by atoms with Crippen LogP contribution >= 0.6 is 0 Å². The number of rotatable bonds is 7. The summed E-state index contributed by atoms with van der Waals surface area (Å²) in [6, 6.07) is 7.04. The zero-order valence-corrected chi connectivity index (χ0v) is 13.5. The fourth-order valence-electron chi connectivity index (χ4n) is 2.09. The minimum Gasteiger partial charge on any atom is -0.445 e. The Bertz CT molecular complexity index is 607. The summed E-state index contributed by atoms with van der Waals surface area (Å²) < 4.78 is 5.21. The van der Waals surface area contributed by atoms with E-state index in [-0.39, 0.29) is 18.1 Å². The monoisotopic (exact) mass is 317 g/mol. The Labute approximate surface area is 135 Å². The van der Waals surface area contributed by atoms with Crippen LogP contribution in [0.1, 0.15) is 26.7 Å². The molecule has 3 N–H and O–H groups in total. The predicted octanol–water partition coefficient (Wildman–Crippen LogP) is 3.26. The first-order valence-corrected chi connectivity index (χ1v) is 7.66. The third-order valence-electron chi connectivity index (χ3n) is 3.57. The standard InChI is InChI=1S/C17H23N3O3/c1-17(2,12-21)8-3-9-19-16(22)20-14-6-4-13(5-7-14)15-18-10-11-23-15/h4-7,10-11,21H,3,8-9,12H2,1-2H3,(H2,19,20,22). The first-order valence-electron chi connectivity index (χ1n) is 7.66. The van der Waals surface area contributed by atoms with E-state index in [9.17, 15) is 9.90 Å². The van der Waals surface area contributed by atoms with E-state index < -0.39 is 0 Å². The van der Waals surface area contributed by atoms with Crippen LogP contribution in [-0.2, 0) is 0 Å². The van der Waals surface area contributed by atoms with Gasteiger partial charge in [0.1, 0.15) is 6.26 Å². The van der Waals surface area contributed by atoms with Gasteiger partial charge in [0.15, 0.2) is 0 Å². The number of carbonyl (C=O) groups excluding carboxylic acids is 1. The molecule has 124 valence electrons. The number of aromatic nitrogens is 1. The Morgan fingerprint density at radius 3 is 2.65 bits per heavy atom. The summed E-state index contributed by atoms with van der Waals surface area (Å²) in [5.74, 6) is 0.549. The second-order valence-corrected chi connectivity index (χ2v) is 6.22. The van der Waals surface area contributed by atoms with Gasteiger partial charge in [0.05, 0.1) is 6.20 Å². The number of carbonyl (C=O) groups is 1. The Balaban J connectivity index is 1.75. The Morgan fingerprint density at radius 2 is 2.04 bits per heavy atom. The van der Waals surface area contributed by atoms with Crippen molar-refractivity contribution in [1.29, 1.82) is 0 Å². The molecule has 2 aromatic rings. The molecule has 0 saturated heterocycles. The molecule has 1 aromatic heterocycles. The van der Waals surface area contributed by atoms with Crippen molar-refractivity contribution in [2.45, 2.75) is 26.7 Å². The van der Waals surface area contributed by atoms with E-state index in [1.165, 1.54) is 6.26 Å². The summed E-state index contributed by atoms with van der Waals surface area (Å²) in [6.45, 7) is 4.73. The maximum absolute atomic E-state index is 11.8. The van der Waals surface area contributed by atoms with Crippen LogP contribution in [0.4, 0.5) is 10.5 Å². The van der Waals surface area contributed by atoms with E-state index in [1.54, 1.807) is 18.3 Å². The molecule has 1 heterocycles. The van der Waals surface area contributed by atoms with Crippen molar-refractivity contribution in [2.24, 2.45) is 5.41 Å². The summed E-state index contributed by atoms with van der Waals surface area (Å²) >= 11 is 0. The van der Waals surface area contributed by atoms with Crippen LogP contribution < -0.4 is 10.6 Å². The van der Waals surface area contributed by atoms with E-state index in [0.29, 0.717) is 18.1 Å². The highest BCUT2D eigenvalue weighted by Crippen LogP contribution is 2.21. The van der Waals surface area contributed by atoms with Crippen molar-refractivity contribution in [3.05, 3.63) is 36.7 Å². The molecule has 0 unspecified atom stereocenters. The summed E-state index contributed by atoms with van der Waals surface area (Å²) in [6.07, 6.45) is 4.79. The van der Waals surface area contributed by atoms with Gasteiger partial charge in [-0.2, -0.15) is 0 Å². The minimum absolute atomic E-state index is 0.103. The smallest absolute Gasteiger partial charge is 0.319 e. The van der Waals surface area contributed by atoms with Gasteiger partial charge < -0.3 is 20.2 Å². The lowest BCUT2D eigenvalue weighted by molar-refractivity contribution is 0.148. The predicted molar refractivity (Wildman–Crippen MR) is 89.1 cm³/mol. The number of hydrogen-bond acceptors (Lipinski definition) is 4. The fourth-order valence-corrected chi connectivity index (χ4v) is 2.09. The van der Waals surface area contributed by atoms with Crippen LogP contribution in [0.3, 0.4) is 0 Å². The lowest BCUT2D eigenvalue weighted by Crippen LogP contribution is -2.30. The number of oxazole rings is 1. The van der Waals surface area contributed by atoms with Gasteiger partial charge in [-0.25, -0.2) is 9.78 Å². The minimum atomic E-state index is -0.240. The molecule has 6 heteroatoms. The van der Waals surface area contributed by atoms with Crippen LogP contribution in [0.15, 0.2) is 41.1 Å².